The van der Waals surface area contributed by atoms with Gasteiger partial charge in [0.2, 0.25) is 10.0 Å². The van der Waals surface area contributed by atoms with Gasteiger partial charge in [0.25, 0.3) is 0 Å². The van der Waals surface area contributed by atoms with Crippen LogP contribution < -0.4 is 0 Å². The monoisotopic (exact) mass is 787 g/mol. The molecule has 0 unspecified atom stereocenters. The van der Waals surface area contributed by atoms with Crippen LogP contribution in [0.1, 0.15) is 49.9 Å². The summed E-state index contributed by atoms with van der Waals surface area (Å²) in [7, 11) is -14.0. The van der Waals surface area contributed by atoms with Crippen LogP contribution in [0.3, 0.4) is 0 Å². The van der Waals surface area contributed by atoms with E-state index in [1.54, 1.807) is 6.07 Å². The minimum Gasteiger partial charge on any atom is -0.304 e. The summed E-state index contributed by atoms with van der Waals surface area (Å²) in [5.74, 6) is 0. The van der Waals surface area contributed by atoms with Crippen LogP contribution in [0.4, 0.5) is 17.6 Å². The molecule has 0 aliphatic heterocycles. The number of halogens is 5. The van der Waals surface area contributed by atoms with Crippen LogP contribution in [-0.4, -0.2) is 39.2 Å². The first-order valence-corrected chi connectivity index (χ1v) is 19.8. The molecule has 0 amide bonds. The van der Waals surface area contributed by atoms with E-state index >= 15 is 17.6 Å². The highest BCUT2D eigenvalue weighted by atomic mass is 79.9. The number of hydrogen-bond acceptors (Lipinski definition) is 8. The maximum absolute atomic E-state index is 15.5. The second kappa shape index (κ2) is 16.2. The molecule has 9 nitrogen and oxygen atoms in total. The molecule has 3 aromatic rings. The third kappa shape index (κ3) is 8.63. The van der Waals surface area contributed by atoms with Crippen molar-refractivity contribution in [3.8, 4) is 0 Å². The Morgan fingerprint density at radius 2 is 1.13 bits per heavy atom. The fraction of sp³-hybridized carbons (Fsp3) is 0.400. The largest absolute Gasteiger partial charge is 0.404 e. The molecule has 0 spiro atoms. The molecule has 17 heteroatoms. The second-order valence-corrected chi connectivity index (χ2v) is 16.8. The van der Waals surface area contributed by atoms with Gasteiger partial charge < -0.3 is 18.1 Å². The quantitative estimate of drug-likeness (QED) is 0.0927. The standard InChI is InChI=1S/C30H36BrF4NO8P2S/c1-5-41-45(37,42-6-2)29(32,33)25-17-14-23(15-18-25)21-36(47(39,40)26-12-10-9-11-13-26)22-24-16-19-27(28(31)20-24)30(34,35)46(38,43-7-3)44-8-4/h9-20H,5-8,21-22H2,1-4H3. The van der Waals surface area contributed by atoms with Gasteiger partial charge in [-0.05, 0) is 57.0 Å². The van der Waals surface area contributed by atoms with Gasteiger partial charge in [-0.1, -0.05) is 70.5 Å². The number of rotatable bonds is 18. The molecular weight excluding hydrogens is 752 g/mol. The van der Waals surface area contributed by atoms with Crippen LogP contribution in [0.15, 0.2) is 82.2 Å². The number of nitrogens with zero attached hydrogens (tertiary/aromatic N) is 1. The van der Waals surface area contributed by atoms with Gasteiger partial charge in [0.15, 0.2) is 0 Å². The van der Waals surface area contributed by atoms with Crippen molar-refractivity contribution in [3.05, 3.63) is 99.5 Å². The summed E-state index contributed by atoms with van der Waals surface area (Å²) < 4.78 is 135. The SMILES string of the molecule is CCOP(=O)(OCC)C(F)(F)c1ccc(CN(Cc2ccc(C(F)(F)P(=O)(OCC)OCC)c(Br)c2)S(=O)(=O)c2ccccc2)cc1. The van der Waals surface area contributed by atoms with Crippen LogP contribution in [0.2, 0.25) is 0 Å². The maximum atomic E-state index is 15.5. The summed E-state index contributed by atoms with van der Waals surface area (Å²) in [5, 5.41) is 0. The third-order valence-corrected chi connectivity index (χ3v) is 13.4. The molecule has 0 bridgehead atoms. The lowest BCUT2D eigenvalue weighted by atomic mass is 10.1. The zero-order chi connectivity index (χ0) is 35.1. The van der Waals surface area contributed by atoms with Crippen LogP contribution in [-0.2, 0) is 61.7 Å². The fourth-order valence-electron chi connectivity index (χ4n) is 4.47. The normalized spacial score (nSPS) is 13.3. The lowest BCUT2D eigenvalue weighted by Gasteiger charge is -2.27. The Morgan fingerprint density at radius 1 is 0.681 bits per heavy atom. The van der Waals surface area contributed by atoms with Crippen molar-refractivity contribution in [3.63, 3.8) is 0 Å². The zero-order valence-electron chi connectivity index (χ0n) is 26.1. The molecular formula is C30H36BrF4NO8P2S. The van der Waals surface area contributed by atoms with E-state index in [0.717, 1.165) is 22.5 Å². The number of benzene rings is 3. The number of sulfonamides is 1. The molecule has 0 N–H and O–H groups in total. The van der Waals surface area contributed by atoms with Gasteiger partial charge in [-0.25, -0.2) is 8.42 Å². The molecule has 47 heavy (non-hydrogen) atoms. The Morgan fingerprint density at radius 3 is 1.60 bits per heavy atom. The van der Waals surface area contributed by atoms with E-state index < -0.39 is 47.7 Å². The molecule has 0 aliphatic rings. The molecule has 0 fully saturated rings. The fourth-order valence-corrected chi connectivity index (χ4v) is 9.85. The van der Waals surface area contributed by atoms with Gasteiger partial charge in [-0.15, -0.1) is 0 Å². The summed E-state index contributed by atoms with van der Waals surface area (Å²) in [6.45, 7) is 3.87. The summed E-state index contributed by atoms with van der Waals surface area (Å²) in [5.41, 5.74) is -8.79. The van der Waals surface area contributed by atoms with Gasteiger partial charge >= 0.3 is 26.5 Å². The van der Waals surface area contributed by atoms with Gasteiger partial charge in [-0.2, -0.15) is 21.9 Å². The first-order valence-electron chi connectivity index (χ1n) is 14.5. The Bertz CT molecular complexity index is 1680. The van der Waals surface area contributed by atoms with Gasteiger partial charge in [0.1, 0.15) is 0 Å². The number of alkyl halides is 4. The van der Waals surface area contributed by atoms with Crippen LogP contribution >= 0.6 is 31.1 Å². The van der Waals surface area contributed by atoms with Crippen molar-refractivity contribution in [1.29, 1.82) is 0 Å². The van der Waals surface area contributed by atoms with E-state index in [4.69, 9.17) is 18.1 Å². The first kappa shape index (κ1) is 39.5. The van der Waals surface area contributed by atoms with Crippen molar-refractivity contribution in [2.24, 2.45) is 0 Å². The van der Waals surface area contributed by atoms with E-state index in [2.05, 4.69) is 15.9 Å². The predicted octanol–water partition coefficient (Wildman–Crippen LogP) is 9.47. The summed E-state index contributed by atoms with van der Waals surface area (Å²) in [6.07, 6.45) is 0. The zero-order valence-corrected chi connectivity index (χ0v) is 30.3. The molecule has 0 radical (unpaired) electrons. The van der Waals surface area contributed by atoms with E-state index in [-0.39, 0.29) is 54.4 Å². The Balaban J connectivity index is 2.00. The maximum Gasteiger partial charge on any atom is 0.404 e. The first-order chi connectivity index (χ1) is 22.0. The van der Waals surface area contributed by atoms with Crippen molar-refractivity contribution in [2.45, 2.75) is 57.0 Å². The third-order valence-electron chi connectivity index (χ3n) is 6.64. The molecule has 0 aliphatic carbocycles. The Kier molecular flexibility index (Phi) is 13.6. The van der Waals surface area contributed by atoms with Crippen molar-refractivity contribution < 1.29 is 53.2 Å². The lowest BCUT2D eigenvalue weighted by molar-refractivity contribution is 0.0354. The minimum atomic E-state index is -4.92. The highest BCUT2D eigenvalue weighted by molar-refractivity contribution is 9.10. The van der Waals surface area contributed by atoms with E-state index in [1.807, 2.05) is 0 Å². The van der Waals surface area contributed by atoms with Crippen LogP contribution in [0.25, 0.3) is 0 Å². The summed E-state index contributed by atoms with van der Waals surface area (Å²) in [4.78, 5) is -0.0610. The predicted molar refractivity (Wildman–Crippen MR) is 173 cm³/mol. The highest BCUT2D eigenvalue weighted by Gasteiger charge is 2.56. The topological polar surface area (TPSA) is 108 Å². The molecule has 260 valence electrons. The lowest BCUT2D eigenvalue weighted by Crippen LogP contribution is -2.30. The summed E-state index contributed by atoms with van der Waals surface area (Å²) in [6, 6.07) is 15.5. The van der Waals surface area contributed by atoms with Gasteiger partial charge in [0.05, 0.1) is 31.3 Å². The van der Waals surface area contributed by atoms with Crippen LogP contribution in [0, 0.1) is 0 Å². The molecule has 0 saturated heterocycles. The highest BCUT2D eigenvalue weighted by Crippen LogP contribution is 2.68. The Labute approximate surface area is 280 Å². The van der Waals surface area contributed by atoms with E-state index in [0.29, 0.717) is 5.56 Å². The molecule has 0 heterocycles. The average Bonchev–Trinajstić information content (AvgIpc) is 3.01. The molecule has 3 rings (SSSR count). The minimum absolute atomic E-state index is 0.0610. The van der Waals surface area contributed by atoms with Crippen molar-refractivity contribution in [2.75, 3.05) is 26.4 Å². The van der Waals surface area contributed by atoms with Gasteiger partial charge in [-0.3, -0.25) is 9.13 Å². The van der Waals surface area contributed by atoms with Crippen LogP contribution in [0.5, 0.6) is 0 Å². The summed E-state index contributed by atoms with van der Waals surface area (Å²) >= 11 is 3.10. The molecule has 0 atom stereocenters. The molecule has 0 aromatic heterocycles. The second-order valence-electron chi connectivity index (χ2n) is 9.85. The Hall–Kier alpha value is -1.93. The molecule has 3 aromatic carbocycles. The van der Waals surface area contributed by atoms with Gasteiger partial charge in [0, 0.05) is 28.7 Å². The van der Waals surface area contributed by atoms with E-state index in [1.165, 1.54) is 76.2 Å². The van der Waals surface area contributed by atoms with Crippen molar-refractivity contribution >= 4 is 41.1 Å². The number of hydrogen-bond donors (Lipinski definition) is 0. The van der Waals surface area contributed by atoms with E-state index in [9.17, 15) is 17.5 Å². The molecule has 0 saturated carbocycles. The smallest absolute Gasteiger partial charge is 0.304 e. The van der Waals surface area contributed by atoms with Crippen molar-refractivity contribution in [1.82, 2.24) is 4.31 Å². The average molecular weight is 789 g/mol.